The molecular formula is C14H18BrN. The van der Waals surface area contributed by atoms with Gasteiger partial charge in [0.25, 0.3) is 0 Å². The molecule has 1 aromatic carbocycles. The Hall–Kier alpha value is -0.340. The first-order valence-electron chi connectivity index (χ1n) is 6.28. The van der Waals surface area contributed by atoms with Crippen LogP contribution in [0, 0.1) is 0 Å². The van der Waals surface area contributed by atoms with Crippen molar-refractivity contribution in [1.29, 1.82) is 0 Å². The molecule has 0 N–H and O–H groups in total. The fourth-order valence-electron chi connectivity index (χ4n) is 2.91. The van der Waals surface area contributed by atoms with Crippen LogP contribution in [0.2, 0.25) is 0 Å². The van der Waals surface area contributed by atoms with Gasteiger partial charge in [0.15, 0.2) is 0 Å². The Labute approximate surface area is 106 Å². The molecule has 16 heavy (non-hydrogen) atoms. The van der Waals surface area contributed by atoms with Crippen molar-refractivity contribution in [3.05, 3.63) is 34.9 Å². The summed E-state index contributed by atoms with van der Waals surface area (Å²) in [6.07, 6.45) is 5.24. The summed E-state index contributed by atoms with van der Waals surface area (Å²) < 4.78 is 0. The Morgan fingerprint density at radius 3 is 2.94 bits per heavy atom. The van der Waals surface area contributed by atoms with E-state index in [4.69, 9.17) is 0 Å². The smallest absolute Gasteiger partial charge is 0.0285 e. The summed E-state index contributed by atoms with van der Waals surface area (Å²) >= 11 is 3.70. The molecule has 0 radical (unpaired) electrons. The summed E-state index contributed by atoms with van der Waals surface area (Å²) in [5.41, 5.74) is 4.69. The number of likely N-dealkylation sites (tertiary alicyclic amines) is 1. The van der Waals surface area contributed by atoms with Crippen LogP contribution >= 0.6 is 15.9 Å². The van der Waals surface area contributed by atoms with Crippen molar-refractivity contribution in [2.75, 3.05) is 13.1 Å². The third-order valence-corrected chi connectivity index (χ3v) is 4.53. The number of rotatable bonds is 2. The predicted molar refractivity (Wildman–Crippen MR) is 71.1 cm³/mol. The van der Waals surface area contributed by atoms with E-state index in [0.717, 1.165) is 6.54 Å². The standard InChI is InChI=1S/C14H18BrN/c15-14-6-7-16(10-14)9-11-4-5-12-2-1-3-13(12)8-11/h4-5,8,14H,1-3,6-7,9-10H2. The molecule has 1 aromatic rings. The Bertz CT molecular complexity index is 388. The van der Waals surface area contributed by atoms with Gasteiger partial charge in [0.1, 0.15) is 0 Å². The SMILES string of the molecule is BrC1CCN(Cc2ccc3c(c2)CCC3)C1. The molecule has 86 valence electrons. The van der Waals surface area contributed by atoms with Crippen molar-refractivity contribution in [3.8, 4) is 0 Å². The Morgan fingerprint density at radius 1 is 1.25 bits per heavy atom. The van der Waals surface area contributed by atoms with Gasteiger partial charge in [-0.3, -0.25) is 4.90 Å². The number of halogens is 1. The maximum Gasteiger partial charge on any atom is 0.0285 e. The normalized spacial score (nSPS) is 24.9. The average Bonchev–Trinajstić information content (AvgIpc) is 2.87. The Morgan fingerprint density at radius 2 is 2.12 bits per heavy atom. The molecule has 0 saturated carbocycles. The molecule has 1 aliphatic heterocycles. The third-order valence-electron chi connectivity index (χ3n) is 3.78. The Balaban J connectivity index is 1.71. The minimum Gasteiger partial charge on any atom is -0.298 e. The van der Waals surface area contributed by atoms with Crippen molar-refractivity contribution in [1.82, 2.24) is 4.90 Å². The van der Waals surface area contributed by atoms with E-state index >= 15 is 0 Å². The number of benzene rings is 1. The van der Waals surface area contributed by atoms with Gasteiger partial charge in [-0.25, -0.2) is 0 Å². The van der Waals surface area contributed by atoms with Crippen LogP contribution in [0.15, 0.2) is 18.2 Å². The van der Waals surface area contributed by atoms with Crippen LogP contribution in [0.3, 0.4) is 0 Å². The molecule has 1 fully saturated rings. The first-order chi connectivity index (χ1) is 7.81. The van der Waals surface area contributed by atoms with E-state index in [-0.39, 0.29) is 0 Å². The van der Waals surface area contributed by atoms with Gasteiger partial charge >= 0.3 is 0 Å². The lowest BCUT2D eigenvalue weighted by atomic mass is 10.1. The minimum absolute atomic E-state index is 0.710. The largest absolute Gasteiger partial charge is 0.298 e. The molecule has 1 atom stereocenters. The molecule has 2 aliphatic rings. The summed E-state index contributed by atoms with van der Waals surface area (Å²) in [5, 5.41) is 0. The minimum atomic E-state index is 0.710. The van der Waals surface area contributed by atoms with Gasteiger partial charge in [0.05, 0.1) is 0 Å². The lowest BCUT2D eigenvalue weighted by Crippen LogP contribution is -2.20. The van der Waals surface area contributed by atoms with Crippen LogP contribution in [0.25, 0.3) is 0 Å². The molecular weight excluding hydrogens is 262 g/mol. The van der Waals surface area contributed by atoms with Crippen molar-refractivity contribution < 1.29 is 0 Å². The van der Waals surface area contributed by atoms with Gasteiger partial charge in [-0.15, -0.1) is 0 Å². The second-order valence-electron chi connectivity index (χ2n) is 5.08. The molecule has 1 aliphatic carbocycles. The van der Waals surface area contributed by atoms with E-state index in [2.05, 4.69) is 39.0 Å². The molecule has 0 bridgehead atoms. The first-order valence-corrected chi connectivity index (χ1v) is 7.20. The van der Waals surface area contributed by atoms with Crippen LogP contribution in [-0.2, 0) is 19.4 Å². The molecule has 1 nitrogen and oxygen atoms in total. The van der Waals surface area contributed by atoms with Gasteiger partial charge < -0.3 is 0 Å². The number of nitrogens with zero attached hydrogens (tertiary/aromatic N) is 1. The summed E-state index contributed by atoms with van der Waals surface area (Å²) in [7, 11) is 0. The molecule has 1 heterocycles. The highest BCUT2D eigenvalue weighted by Gasteiger charge is 2.20. The Kier molecular flexibility index (Phi) is 3.03. The monoisotopic (exact) mass is 279 g/mol. The molecule has 0 amide bonds. The summed E-state index contributed by atoms with van der Waals surface area (Å²) in [4.78, 5) is 3.26. The van der Waals surface area contributed by atoms with Crippen LogP contribution in [-0.4, -0.2) is 22.8 Å². The molecule has 3 rings (SSSR count). The van der Waals surface area contributed by atoms with Crippen molar-refractivity contribution >= 4 is 15.9 Å². The lowest BCUT2D eigenvalue weighted by Gasteiger charge is -2.15. The maximum atomic E-state index is 3.70. The summed E-state index contributed by atoms with van der Waals surface area (Å²) in [5.74, 6) is 0. The fraction of sp³-hybridized carbons (Fsp3) is 0.571. The number of hydrogen-bond acceptors (Lipinski definition) is 1. The maximum absolute atomic E-state index is 3.70. The fourth-order valence-corrected chi connectivity index (χ4v) is 3.52. The second kappa shape index (κ2) is 4.50. The highest BCUT2D eigenvalue weighted by Crippen LogP contribution is 2.24. The van der Waals surface area contributed by atoms with Crippen LogP contribution in [0.5, 0.6) is 0 Å². The van der Waals surface area contributed by atoms with Crippen LogP contribution in [0.1, 0.15) is 29.5 Å². The van der Waals surface area contributed by atoms with Gasteiger partial charge in [-0.05, 0) is 48.9 Å². The zero-order valence-corrected chi connectivity index (χ0v) is 11.2. The van der Waals surface area contributed by atoms with Crippen molar-refractivity contribution in [2.24, 2.45) is 0 Å². The third kappa shape index (κ3) is 2.18. The van der Waals surface area contributed by atoms with Crippen LogP contribution in [0.4, 0.5) is 0 Å². The molecule has 0 aromatic heterocycles. The zero-order valence-electron chi connectivity index (χ0n) is 9.58. The van der Waals surface area contributed by atoms with E-state index < -0.39 is 0 Å². The molecule has 0 spiro atoms. The topological polar surface area (TPSA) is 3.24 Å². The number of hydrogen-bond donors (Lipinski definition) is 0. The highest BCUT2D eigenvalue weighted by molar-refractivity contribution is 9.09. The second-order valence-corrected chi connectivity index (χ2v) is 6.37. The van der Waals surface area contributed by atoms with Crippen LogP contribution < -0.4 is 0 Å². The average molecular weight is 280 g/mol. The van der Waals surface area contributed by atoms with Gasteiger partial charge in [0, 0.05) is 17.9 Å². The van der Waals surface area contributed by atoms with E-state index in [1.54, 1.807) is 11.1 Å². The predicted octanol–water partition coefficient (Wildman–Crippen LogP) is 3.14. The van der Waals surface area contributed by atoms with Gasteiger partial charge in [-0.1, -0.05) is 34.1 Å². The number of aryl methyl sites for hydroxylation is 2. The van der Waals surface area contributed by atoms with E-state index in [9.17, 15) is 0 Å². The summed E-state index contributed by atoms with van der Waals surface area (Å²) in [6.45, 7) is 3.58. The van der Waals surface area contributed by atoms with Crippen molar-refractivity contribution in [2.45, 2.75) is 37.1 Å². The molecule has 1 unspecified atom stereocenters. The van der Waals surface area contributed by atoms with E-state index in [1.807, 2.05) is 0 Å². The molecule has 2 heteroatoms. The van der Waals surface area contributed by atoms with E-state index in [0.29, 0.717) is 4.83 Å². The van der Waals surface area contributed by atoms with Gasteiger partial charge in [0.2, 0.25) is 0 Å². The lowest BCUT2D eigenvalue weighted by molar-refractivity contribution is 0.332. The number of fused-ring (bicyclic) bond motifs is 1. The zero-order chi connectivity index (χ0) is 11.0. The highest BCUT2D eigenvalue weighted by atomic mass is 79.9. The quantitative estimate of drug-likeness (QED) is 0.752. The summed E-state index contributed by atoms with van der Waals surface area (Å²) in [6, 6.07) is 7.11. The van der Waals surface area contributed by atoms with Gasteiger partial charge in [-0.2, -0.15) is 0 Å². The number of alkyl halides is 1. The van der Waals surface area contributed by atoms with Crippen molar-refractivity contribution in [3.63, 3.8) is 0 Å². The molecule has 1 saturated heterocycles. The first kappa shape index (κ1) is 10.8. The van der Waals surface area contributed by atoms with E-state index in [1.165, 1.54) is 44.3 Å².